The number of nitrogens with one attached hydrogen (secondary N) is 1. The molecule has 0 saturated heterocycles. The molecule has 1 amide bonds. The molecule has 3 aromatic rings. The molecular formula is C18H15BrN2O2S. The van der Waals surface area contributed by atoms with Gasteiger partial charge in [-0.3, -0.25) is 10.1 Å². The van der Waals surface area contributed by atoms with Gasteiger partial charge in [-0.05, 0) is 58.7 Å². The number of aryl methyl sites for hydroxylation is 1. The van der Waals surface area contributed by atoms with E-state index in [-0.39, 0.29) is 5.91 Å². The number of anilines is 1. The van der Waals surface area contributed by atoms with Crippen molar-refractivity contribution in [3.05, 3.63) is 63.4 Å². The summed E-state index contributed by atoms with van der Waals surface area (Å²) in [6.45, 7) is 2.01. The second-order valence-corrected chi connectivity index (χ2v) is 6.87. The molecule has 0 spiro atoms. The van der Waals surface area contributed by atoms with Crippen LogP contribution >= 0.6 is 27.3 Å². The van der Waals surface area contributed by atoms with Gasteiger partial charge in [0.25, 0.3) is 5.91 Å². The molecule has 2 aromatic carbocycles. The molecule has 0 aliphatic carbocycles. The minimum absolute atomic E-state index is 0.185. The van der Waals surface area contributed by atoms with Crippen LogP contribution in [0.2, 0.25) is 0 Å². The number of ether oxygens (including phenoxy) is 1. The number of rotatable bonds is 4. The molecule has 0 saturated carbocycles. The molecule has 1 aromatic heterocycles. The molecule has 0 fully saturated rings. The molecule has 0 unspecified atom stereocenters. The zero-order valence-electron chi connectivity index (χ0n) is 13.2. The van der Waals surface area contributed by atoms with Gasteiger partial charge < -0.3 is 4.74 Å². The lowest BCUT2D eigenvalue weighted by Gasteiger charge is -2.06. The van der Waals surface area contributed by atoms with E-state index in [1.165, 1.54) is 11.3 Å². The standard InChI is InChI=1S/C18H15BrN2O2S/c1-11-9-12(23-2)7-8-13(11)16-10-24-18(20-16)21-17(22)14-5-3-4-6-15(14)19/h3-10H,1-2H3,(H,20,21,22). The van der Waals surface area contributed by atoms with Crippen molar-refractivity contribution in [1.82, 2.24) is 4.98 Å². The lowest BCUT2D eigenvalue weighted by atomic mass is 10.1. The highest BCUT2D eigenvalue weighted by molar-refractivity contribution is 9.10. The summed E-state index contributed by atoms with van der Waals surface area (Å²) in [5, 5.41) is 5.35. The summed E-state index contributed by atoms with van der Waals surface area (Å²) in [7, 11) is 1.65. The minimum atomic E-state index is -0.185. The van der Waals surface area contributed by atoms with Gasteiger partial charge in [-0.25, -0.2) is 4.98 Å². The lowest BCUT2D eigenvalue weighted by molar-refractivity contribution is 0.102. The van der Waals surface area contributed by atoms with Crippen LogP contribution in [0.1, 0.15) is 15.9 Å². The van der Waals surface area contributed by atoms with Crippen molar-refractivity contribution in [2.24, 2.45) is 0 Å². The van der Waals surface area contributed by atoms with E-state index in [9.17, 15) is 4.79 Å². The maximum Gasteiger partial charge on any atom is 0.258 e. The van der Waals surface area contributed by atoms with Crippen LogP contribution < -0.4 is 10.1 Å². The van der Waals surface area contributed by atoms with E-state index in [2.05, 4.69) is 26.2 Å². The lowest BCUT2D eigenvalue weighted by Crippen LogP contribution is -2.12. The van der Waals surface area contributed by atoms with Crippen LogP contribution in [-0.4, -0.2) is 18.0 Å². The summed E-state index contributed by atoms with van der Waals surface area (Å²) in [6, 6.07) is 13.1. The molecule has 4 nitrogen and oxygen atoms in total. The van der Waals surface area contributed by atoms with Gasteiger partial charge in [0.1, 0.15) is 5.75 Å². The Morgan fingerprint density at radius 2 is 2.04 bits per heavy atom. The number of hydrogen-bond acceptors (Lipinski definition) is 4. The summed E-state index contributed by atoms with van der Waals surface area (Å²) in [6.07, 6.45) is 0. The third kappa shape index (κ3) is 3.49. The highest BCUT2D eigenvalue weighted by atomic mass is 79.9. The van der Waals surface area contributed by atoms with Crippen molar-refractivity contribution in [2.45, 2.75) is 6.92 Å². The Labute approximate surface area is 152 Å². The van der Waals surface area contributed by atoms with Crippen molar-refractivity contribution in [3.63, 3.8) is 0 Å². The van der Waals surface area contributed by atoms with E-state index in [1.807, 2.05) is 48.7 Å². The fraction of sp³-hybridized carbons (Fsp3) is 0.111. The van der Waals surface area contributed by atoms with Crippen LogP contribution in [0, 0.1) is 6.92 Å². The third-order valence-corrected chi connectivity index (χ3v) is 5.00. The number of carbonyl (C=O) groups excluding carboxylic acids is 1. The summed E-state index contributed by atoms with van der Waals surface area (Å²) in [5.74, 6) is 0.628. The van der Waals surface area contributed by atoms with Crippen molar-refractivity contribution in [3.8, 4) is 17.0 Å². The molecule has 0 aliphatic rings. The van der Waals surface area contributed by atoms with Gasteiger partial charge in [-0.1, -0.05) is 12.1 Å². The van der Waals surface area contributed by atoms with E-state index < -0.39 is 0 Å². The second kappa shape index (κ2) is 7.15. The monoisotopic (exact) mass is 402 g/mol. The number of carbonyl (C=O) groups is 1. The number of benzene rings is 2. The summed E-state index contributed by atoms with van der Waals surface area (Å²) < 4.78 is 5.98. The quantitative estimate of drug-likeness (QED) is 0.656. The van der Waals surface area contributed by atoms with Gasteiger partial charge in [-0.2, -0.15) is 0 Å². The highest BCUT2D eigenvalue weighted by Gasteiger charge is 2.13. The van der Waals surface area contributed by atoms with Crippen molar-refractivity contribution >= 4 is 38.3 Å². The Balaban J connectivity index is 1.81. The van der Waals surface area contributed by atoms with Crippen LogP contribution in [0.5, 0.6) is 5.75 Å². The fourth-order valence-corrected chi connectivity index (χ4v) is 3.49. The minimum Gasteiger partial charge on any atom is -0.497 e. The third-order valence-electron chi connectivity index (χ3n) is 3.55. The molecular weight excluding hydrogens is 388 g/mol. The molecule has 3 rings (SSSR count). The number of nitrogens with zero attached hydrogens (tertiary/aromatic N) is 1. The Morgan fingerprint density at radius 3 is 2.75 bits per heavy atom. The van der Waals surface area contributed by atoms with Crippen molar-refractivity contribution in [2.75, 3.05) is 12.4 Å². The average Bonchev–Trinajstić information content (AvgIpc) is 3.03. The van der Waals surface area contributed by atoms with Gasteiger partial charge in [0.05, 0.1) is 18.4 Å². The first-order chi connectivity index (χ1) is 11.6. The van der Waals surface area contributed by atoms with Gasteiger partial charge in [0.2, 0.25) is 0 Å². The fourth-order valence-electron chi connectivity index (χ4n) is 2.32. The van der Waals surface area contributed by atoms with E-state index >= 15 is 0 Å². The molecule has 0 aliphatic heterocycles. The number of methoxy groups -OCH3 is 1. The van der Waals surface area contributed by atoms with Gasteiger partial charge in [0.15, 0.2) is 5.13 Å². The Bertz CT molecular complexity index is 892. The highest BCUT2D eigenvalue weighted by Crippen LogP contribution is 2.30. The van der Waals surface area contributed by atoms with Crippen LogP contribution in [0.15, 0.2) is 52.3 Å². The largest absolute Gasteiger partial charge is 0.497 e. The molecule has 122 valence electrons. The van der Waals surface area contributed by atoms with Crippen LogP contribution in [0.4, 0.5) is 5.13 Å². The average molecular weight is 403 g/mol. The van der Waals surface area contributed by atoms with E-state index in [0.29, 0.717) is 10.7 Å². The molecule has 1 heterocycles. The zero-order chi connectivity index (χ0) is 17.1. The molecule has 0 bridgehead atoms. The Hall–Kier alpha value is -2.18. The maximum absolute atomic E-state index is 12.3. The zero-order valence-corrected chi connectivity index (χ0v) is 15.6. The number of thiazole rings is 1. The summed E-state index contributed by atoms with van der Waals surface area (Å²) in [5.41, 5.74) is 3.51. The molecule has 1 N–H and O–H groups in total. The maximum atomic E-state index is 12.3. The number of aromatic nitrogens is 1. The molecule has 0 atom stereocenters. The van der Waals surface area contributed by atoms with Crippen molar-refractivity contribution < 1.29 is 9.53 Å². The Morgan fingerprint density at radius 1 is 1.25 bits per heavy atom. The first kappa shape index (κ1) is 16.7. The van der Waals surface area contributed by atoms with Crippen LogP contribution in [0.3, 0.4) is 0 Å². The topological polar surface area (TPSA) is 51.2 Å². The SMILES string of the molecule is COc1ccc(-c2csc(NC(=O)c3ccccc3Br)n2)c(C)c1. The number of hydrogen-bond donors (Lipinski definition) is 1. The predicted molar refractivity (Wildman–Crippen MR) is 101 cm³/mol. The Kier molecular flexibility index (Phi) is 4.97. The summed E-state index contributed by atoms with van der Waals surface area (Å²) in [4.78, 5) is 16.9. The first-order valence-corrected chi connectivity index (χ1v) is 8.92. The van der Waals surface area contributed by atoms with Crippen molar-refractivity contribution in [1.29, 1.82) is 0 Å². The molecule has 24 heavy (non-hydrogen) atoms. The molecule has 0 radical (unpaired) electrons. The van der Waals surface area contributed by atoms with Gasteiger partial charge in [0, 0.05) is 15.4 Å². The van der Waals surface area contributed by atoms with Gasteiger partial charge in [-0.15, -0.1) is 11.3 Å². The molecule has 6 heteroatoms. The normalized spacial score (nSPS) is 10.5. The van der Waals surface area contributed by atoms with E-state index in [1.54, 1.807) is 13.2 Å². The number of amides is 1. The van der Waals surface area contributed by atoms with E-state index in [0.717, 1.165) is 27.0 Å². The van der Waals surface area contributed by atoms with Gasteiger partial charge >= 0.3 is 0 Å². The first-order valence-electron chi connectivity index (χ1n) is 7.25. The number of halogens is 1. The smallest absolute Gasteiger partial charge is 0.258 e. The summed E-state index contributed by atoms with van der Waals surface area (Å²) >= 11 is 4.79. The van der Waals surface area contributed by atoms with E-state index in [4.69, 9.17) is 4.74 Å². The second-order valence-electron chi connectivity index (χ2n) is 5.15. The van der Waals surface area contributed by atoms with Crippen LogP contribution in [-0.2, 0) is 0 Å². The predicted octanol–water partition coefficient (Wildman–Crippen LogP) is 5.14. The van der Waals surface area contributed by atoms with Crippen LogP contribution in [0.25, 0.3) is 11.3 Å².